The summed E-state index contributed by atoms with van der Waals surface area (Å²) in [5.41, 5.74) is 0.560. The van der Waals surface area contributed by atoms with Gasteiger partial charge < -0.3 is 20.1 Å². The molecule has 2 fully saturated rings. The molecule has 6 nitrogen and oxygen atoms in total. The molecular weight excluding hydrogens is 256 g/mol. The summed E-state index contributed by atoms with van der Waals surface area (Å²) in [6, 6.07) is 3.27. The second kappa shape index (κ2) is 5.66. The van der Waals surface area contributed by atoms with Crippen molar-refractivity contribution in [3.63, 3.8) is 0 Å². The highest BCUT2D eigenvalue weighted by atomic mass is 16.2. The first-order valence-corrected chi connectivity index (χ1v) is 7.21. The quantitative estimate of drug-likeness (QED) is 0.802. The van der Waals surface area contributed by atoms with E-state index in [0.29, 0.717) is 12.2 Å². The van der Waals surface area contributed by atoms with Gasteiger partial charge in [-0.05, 0) is 25.0 Å². The van der Waals surface area contributed by atoms with Gasteiger partial charge in [0.1, 0.15) is 11.7 Å². The molecule has 2 aliphatic heterocycles. The van der Waals surface area contributed by atoms with E-state index in [2.05, 4.69) is 10.3 Å². The van der Waals surface area contributed by atoms with Crippen LogP contribution in [0.1, 0.15) is 23.3 Å². The van der Waals surface area contributed by atoms with Crippen LogP contribution in [0.4, 0.5) is 0 Å². The number of rotatable bonds is 2. The second-order valence-electron chi connectivity index (χ2n) is 5.32. The molecule has 0 bridgehead atoms. The van der Waals surface area contributed by atoms with Crippen molar-refractivity contribution >= 4 is 11.8 Å². The van der Waals surface area contributed by atoms with E-state index < -0.39 is 0 Å². The third-order valence-corrected chi connectivity index (χ3v) is 4.06. The molecule has 0 radical (unpaired) electrons. The normalized spacial score (nSPS) is 23.1. The van der Waals surface area contributed by atoms with Crippen LogP contribution < -0.4 is 5.32 Å². The van der Waals surface area contributed by atoms with Gasteiger partial charge in [0.2, 0.25) is 5.91 Å². The minimum atomic E-state index is -0.288. The summed E-state index contributed by atoms with van der Waals surface area (Å²) in [7, 11) is 0. The van der Waals surface area contributed by atoms with E-state index in [1.807, 2.05) is 4.90 Å². The Morgan fingerprint density at radius 2 is 2.00 bits per heavy atom. The molecule has 3 heterocycles. The van der Waals surface area contributed by atoms with Crippen LogP contribution in [-0.2, 0) is 4.79 Å². The fourth-order valence-corrected chi connectivity index (χ4v) is 2.98. The van der Waals surface area contributed by atoms with Gasteiger partial charge in [-0.15, -0.1) is 0 Å². The molecule has 0 saturated carbocycles. The van der Waals surface area contributed by atoms with E-state index in [1.54, 1.807) is 23.2 Å². The van der Waals surface area contributed by atoms with Crippen LogP contribution in [0.15, 0.2) is 18.3 Å². The number of aromatic amines is 1. The summed E-state index contributed by atoms with van der Waals surface area (Å²) in [5.74, 6) is 0.0323. The van der Waals surface area contributed by atoms with Gasteiger partial charge in [-0.1, -0.05) is 0 Å². The Hall–Kier alpha value is -1.82. The average molecular weight is 276 g/mol. The van der Waals surface area contributed by atoms with Gasteiger partial charge in [0.25, 0.3) is 5.91 Å². The second-order valence-corrected chi connectivity index (χ2v) is 5.32. The summed E-state index contributed by atoms with van der Waals surface area (Å²) in [6.07, 6.45) is 3.40. The van der Waals surface area contributed by atoms with Crippen molar-refractivity contribution in [2.45, 2.75) is 18.9 Å². The number of H-pyrrole nitrogens is 1. The number of nitrogens with one attached hydrogen (secondary N) is 2. The smallest absolute Gasteiger partial charge is 0.270 e. The molecule has 2 amide bonds. The third-order valence-electron chi connectivity index (χ3n) is 4.06. The Balaban J connectivity index is 1.71. The summed E-state index contributed by atoms with van der Waals surface area (Å²) >= 11 is 0. The summed E-state index contributed by atoms with van der Waals surface area (Å²) in [6.45, 7) is 3.81. The predicted octanol–water partition coefficient (Wildman–Crippen LogP) is 0.0511. The van der Waals surface area contributed by atoms with E-state index in [4.69, 9.17) is 0 Å². The monoisotopic (exact) mass is 276 g/mol. The molecule has 2 N–H and O–H groups in total. The zero-order chi connectivity index (χ0) is 13.9. The zero-order valence-electron chi connectivity index (χ0n) is 11.5. The zero-order valence-corrected chi connectivity index (χ0v) is 11.5. The van der Waals surface area contributed by atoms with Gasteiger partial charge in [-0.25, -0.2) is 0 Å². The van der Waals surface area contributed by atoms with Crippen LogP contribution in [0, 0.1) is 0 Å². The van der Waals surface area contributed by atoms with Crippen LogP contribution in [0.3, 0.4) is 0 Å². The maximum Gasteiger partial charge on any atom is 0.270 e. The summed E-state index contributed by atoms with van der Waals surface area (Å²) in [4.78, 5) is 31.5. The molecule has 0 aromatic carbocycles. The van der Waals surface area contributed by atoms with Crippen molar-refractivity contribution in [2.24, 2.45) is 0 Å². The van der Waals surface area contributed by atoms with Gasteiger partial charge in [0.05, 0.1) is 0 Å². The van der Waals surface area contributed by atoms with E-state index >= 15 is 0 Å². The van der Waals surface area contributed by atoms with Gasteiger partial charge in [-0.2, -0.15) is 0 Å². The maximum atomic E-state index is 12.6. The van der Waals surface area contributed by atoms with Crippen molar-refractivity contribution in [2.75, 3.05) is 32.7 Å². The Bertz CT molecular complexity index is 479. The average Bonchev–Trinajstić information content (AvgIpc) is 3.18. The molecular formula is C14H20N4O2. The molecule has 0 aliphatic carbocycles. The van der Waals surface area contributed by atoms with Crippen LogP contribution in [-0.4, -0.2) is 65.4 Å². The molecule has 1 aromatic rings. The third kappa shape index (κ3) is 2.43. The molecule has 1 atom stereocenters. The first-order chi connectivity index (χ1) is 9.77. The Labute approximate surface area is 118 Å². The van der Waals surface area contributed by atoms with Gasteiger partial charge >= 0.3 is 0 Å². The number of amides is 2. The largest absolute Gasteiger partial charge is 0.357 e. The number of likely N-dealkylation sites (tertiary alicyclic amines) is 1. The van der Waals surface area contributed by atoms with E-state index in [-0.39, 0.29) is 17.9 Å². The highest BCUT2D eigenvalue weighted by Gasteiger charge is 2.37. The van der Waals surface area contributed by atoms with Crippen molar-refractivity contribution in [1.29, 1.82) is 0 Å². The fourth-order valence-electron chi connectivity index (χ4n) is 2.98. The minimum absolute atomic E-state index is 0.0685. The molecule has 0 spiro atoms. The van der Waals surface area contributed by atoms with Gasteiger partial charge in [-0.3, -0.25) is 9.59 Å². The number of hydrogen-bond donors (Lipinski definition) is 2. The molecule has 108 valence electrons. The number of carbonyl (C=O) groups is 2. The fraction of sp³-hybridized carbons (Fsp3) is 0.571. The number of carbonyl (C=O) groups excluding carboxylic acids is 2. The molecule has 1 unspecified atom stereocenters. The van der Waals surface area contributed by atoms with Crippen LogP contribution in [0.25, 0.3) is 0 Å². The molecule has 3 rings (SSSR count). The van der Waals surface area contributed by atoms with Gasteiger partial charge in [0.15, 0.2) is 0 Å². The lowest BCUT2D eigenvalue weighted by Gasteiger charge is -2.32. The lowest BCUT2D eigenvalue weighted by atomic mass is 10.1. The highest BCUT2D eigenvalue weighted by Crippen LogP contribution is 2.21. The van der Waals surface area contributed by atoms with Crippen molar-refractivity contribution in [3.8, 4) is 0 Å². The standard InChI is InChI=1S/C14H20N4O2/c19-13(11-3-1-5-16-11)18-8-2-4-12(18)14(20)17-9-6-15-7-10-17/h1,3,5,12,15-16H,2,4,6-10H2. The maximum absolute atomic E-state index is 12.6. The van der Waals surface area contributed by atoms with Crippen LogP contribution >= 0.6 is 0 Å². The summed E-state index contributed by atoms with van der Waals surface area (Å²) in [5, 5.41) is 3.24. The Morgan fingerprint density at radius 3 is 2.70 bits per heavy atom. The van der Waals surface area contributed by atoms with Crippen molar-refractivity contribution in [3.05, 3.63) is 24.0 Å². The topological polar surface area (TPSA) is 68.4 Å². The molecule has 1 aromatic heterocycles. The van der Waals surface area contributed by atoms with Crippen molar-refractivity contribution in [1.82, 2.24) is 20.1 Å². The lowest BCUT2D eigenvalue weighted by molar-refractivity contribution is -0.135. The number of hydrogen-bond acceptors (Lipinski definition) is 3. The Kier molecular flexibility index (Phi) is 3.73. The minimum Gasteiger partial charge on any atom is -0.357 e. The molecule has 20 heavy (non-hydrogen) atoms. The van der Waals surface area contributed by atoms with E-state index in [0.717, 1.165) is 39.0 Å². The molecule has 6 heteroatoms. The number of aromatic nitrogens is 1. The van der Waals surface area contributed by atoms with Crippen LogP contribution in [0.5, 0.6) is 0 Å². The first kappa shape index (κ1) is 13.2. The molecule has 2 aliphatic rings. The SMILES string of the molecule is O=C(C1CCCN1C(=O)c1ccc[nH]1)N1CCNCC1. The first-order valence-electron chi connectivity index (χ1n) is 7.21. The molecule has 2 saturated heterocycles. The number of nitrogens with zero attached hydrogens (tertiary/aromatic N) is 2. The number of piperazine rings is 1. The van der Waals surface area contributed by atoms with Gasteiger partial charge in [0, 0.05) is 38.9 Å². The van der Waals surface area contributed by atoms with E-state index in [9.17, 15) is 9.59 Å². The van der Waals surface area contributed by atoms with Crippen molar-refractivity contribution < 1.29 is 9.59 Å². The highest BCUT2D eigenvalue weighted by molar-refractivity contribution is 5.96. The predicted molar refractivity (Wildman–Crippen MR) is 74.3 cm³/mol. The summed E-state index contributed by atoms with van der Waals surface area (Å²) < 4.78 is 0. The lowest BCUT2D eigenvalue weighted by Crippen LogP contribution is -2.53. The Morgan fingerprint density at radius 1 is 1.20 bits per heavy atom. The van der Waals surface area contributed by atoms with Crippen LogP contribution in [0.2, 0.25) is 0 Å². The van der Waals surface area contributed by atoms with E-state index in [1.165, 1.54) is 0 Å².